The third-order valence-corrected chi connectivity index (χ3v) is 7.22. The molecule has 0 amide bonds. The first-order valence-corrected chi connectivity index (χ1v) is 12.2. The molecule has 0 bridgehead atoms. The van der Waals surface area contributed by atoms with Crippen molar-refractivity contribution < 1.29 is 13.2 Å². The first-order valence-electron chi connectivity index (χ1n) is 9.93. The summed E-state index contributed by atoms with van der Waals surface area (Å²) in [4.78, 5) is 17.5. The minimum absolute atomic E-state index is 0.0643. The number of hydrogen-bond donors (Lipinski definition) is 1. The minimum atomic E-state index is -3.72. The first-order chi connectivity index (χ1) is 15.2. The smallest absolute Gasteiger partial charge is 0.275 e. The Morgan fingerprint density at radius 3 is 2.59 bits per heavy atom. The van der Waals surface area contributed by atoms with Crippen molar-refractivity contribution in [3.63, 3.8) is 0 Å². The lowest BCUT2D eigenvalue weighted by Gasteiger charge is -2.11. The molecule has 4 rings (SSSR count). The average molecular weight is 471 g/mol. The summed E-state index contributed by atoms with van der Waals surface area (Å²) in [5, 5.41) is 5.14. The fourth-order valence-electron chi connectivity index (χ4n) is 2.92. The summed E-state index contributed by atoms with van der Waals surface area (Å²) in [6, 6.07) is 14.6. The molecule has 0 atom stereocenters. The maximum Gasteiger partial charge on any atom is 0.275 e. The number of nitrogens with zero attached hydrogens (tertiary/aromatic N) is 3. The van der Waals surface area contributed by atoms with Crippen molar-refractivity contribution in [2.75, 3.05) is 4.72 Å². The fourth-order valence-corrected chi connectivity index (χ4v) is 4.89. The average Bonchev–Trinajstić information content (AvgIpc) is 3.18. The molecule has 0 aliphatic rings. The standard InChI is InChI=1S/C22H22N4O4S2/c1-14(2)21-24-26-20(27)12-17(23-22(26)31-21)13-30-18-6-4-5-16(11-18)25-32(28,29)19-9-7-15(3)8-10-19/h4-12,14,25H,13H2,1-3H3. The number of ether oxygens (including phenoxy) is 1. The van der Waals surface area contributed by atoms with Crippen LogP contribution < -0.4 is 15.0 Å². The van der Waals surface area contributed by atoms with E-state index in [1.54, 1.807) is 48.5 Å². The van der Waals surface area contributed by atoms with E-state index in [2.05, 4.69) is 14.8 Å². The normalized spacial score (nSPS) is 11.8. The van der Waals surface area contributed by atoms with Gasteiger partial charge in [-0.2, -0.15) is 9.61 Å². The number of nitrogens with one attached hydrogen (secondary N) is 1. The van der Waals surface area contributed by atoms with E-state index in [9.17, 15) is 13.2 Å². The van der Waals surface area contributed by atoms with Gasteiger partial charge in [0.05, 0.1) is 16.3 Å². The number of aromatic nitrogens is 3. The lowest BCUT2D eigenvalue weighted by molar-refractivity contribution is 0.301. The quantitative estimate of drug-likeness (QED) is 0.439. The van der Waals surface area contributed by atoms with Crippen LogP contribution in [0.2, 0.25) is 0 Å². The highest BCUT2D eigenvalue weighted by Gasteiger charge is 2.15. The van der Waals surface area contributed by atoms with Crippen molar-refractivity contribution in [3.05, 3.63) is 81.2 Å². The first kappa shape index (κ1) is 22.0. The molecule has 32 heavy (non-hydrogen) atoms. The summed E-state index contributed by atoms with van der Waals surface area (Å²) >= 11 is 1.37. The van der Waals surface area contributed by atoms with E-state index in [4.69, 9.17) is 4.74 Å². The molecule has 4 aromatic rings. The highest BCUT2D eigenvalue weighted by molar-refractivity contribution is 7.92. The summed E-state index contributed by atoms with van der Waals surface area (Å²) in [5.74, 6) is 0.649. The van der Waals surface area contributed by atoms with Gasteiger partial charge in [-0.05, 0) is 31.2 Å². The zero-order chi connectivity index (χ0) is 22.9. The lowest BCUT2D eigenvalue weighted by Crippen LogP contribution is -2.16. The van der Waals surface area contributed by atoms with Gasteiger partial charge >= 0.3 is 0 Å². The Hall–Kier alpha value is -3.24. The van der Waals surface area contributed by atoms with E-state index >= 15 is 0 Å². The number of sulfonamides is 1. The van der Waals surface area contributed by atoms with Crippen LogP contribution in [-0.4, -0.2) is 23.0 Å². The van der Waals surface area contributed by atoms with Gasteiger partial charge < -0.3 is 4.74 Å². The van der Waals surface area contributed by atoms with E-state index < -0.39 is 10.0 Å². The molecule has 0 aliphatic carbocycles. The Bertz CT molecular complexity index is 1420. The Morgan fingerprint density at radius 2 is 1.88 bits per heavy atom. The second kappa shape index (κ2) is 8.71. The van der Waals surface area contributed by atoms with Crippen molar-refractivity contribution >= 4 is 32.0 Å². The Balaban J connectivity index is 1.50. The molecule has 0 spiro atoms. The van der Waals surface area contributed by atoms with Gasteiger partial charge in [0.1, 0.15) is 17.4 Å². The van der Waals surface area contributed by atoms with Gasteiger partial charge in [0.25, 0.3) is 15.6 Å². The van der Waals surface area contributed by atoms with Crippen molar-refractivity contribution in [1.29, 1.82) is 0 Å². The molecule has 0 unspecified atom stereocenters. The van der Waals surface area contributed by atoms with E-state index in [0.29, 0.717) is 22.1 Å². The molecule has 2 heterocycles. The highest BCUT2D eigenvalue weighted by atomic mass is 32.2. The van der Waals surface area contributed by atoms with Gasteiger partial charge in [-0.15, -0.1) is 0 Å². The molecule has 2 aromatic heterocycles. The van der Waals surface area contributed by atoms with Gasteiger partial charge in [0, 0.05) is 18.1 Å². The molecule has 0 fully saturated rings. The van der Waals surface area contributed by atoms with Crippen LogP contribution in [0.15, 0.2) is 64.3 Å². The molecule has 0 radical (unpaired) electrons. The second-order valence-corrected chi connectivity index (χ2v) is 10.3. The second-order valence-electron chi connectivity index (χ2n) is 7.61. The third-order valence-electron chi connectivity index (χ3n) is 4.61. The summed E-state index contributed by atoms with van der Waals surface area (Å²) in [6.07, 6.45) is 0. The largest absolute Gasteiger partial charge is 0.487 e. The summed E-state index contributed by atoms with van der Waals surface area (Å²) in [7, 11) is -3.72. The number of benzene rings is 2. The van der Waals surface area contributed by atoms with Crippen LogP contribution in [0.25, 0.3) is 4.96 Å². The van der Waals surface area contributed by atoms with E-state index in [1.807, 2.05) is 20.8 Å². The van der Waals surface area contributed by atoms with Crippen LogP contribution in [0.5, 0.6) is 5.75 Å². The molecule has 1 N–H and O–H groups in total. The fraction of sp³-hybridized carbons (Fsp3) is 0.227. The molecule has 8 nitrogen and oxygen atoms in total. The van der Waals surface area contributed by atoms with Crippen LogP contribution in [0.3, 0.4) is 0 Å². The van der Waals surface area contributed by atoms with Crippen molar-refractivity contribution in [1.82, 2.24) is 14.6 Å². The Labute approximate surface area is 189 Å². The topological polar surface area (TPSA) is 103 Å². The summed E-state index contributed by atoms with van der Waals surface area (Å²) in [6.45, 7) is 5.97. The summed E-state index contributed by atoms with van der Waals surface area (Å²) in [5.41, 5.74) is 1.55. The van der Waals surface area contributed by atoms with Gasteiger partial charge in [-0.25, -0.2) is 13.4 Å². The van der Waals surface area contributed by atoms with Crippen LogP contribution in [-0.2, 0) is 16.6 Å². The molecule has 0 aliphatic heterocycles. The predicted octanol–water partition coefficient (Wildman–Crippen LogP) is 3.96. The van der Waals surface area contributed by atoms with E-state index in [1.165, 1.54) is 21.9 Å². The van der Waals surface area contributed by atoms with E-state index in [0.717, 1.165) is 10.6 Å². The Kier molecular flexibility index (Phi) is 5.98. The zero-order valence-electron chi connectivity index (χ0n) is 17.8. The zero-order valence-corrected chi connectivity index (χ0v) is 19.4. The lowest BCUT2D eigenvalue weighted by atomic mass is 10.2. The summed E-state index contributed by atoms with van der Waals surface area (Å²) < 4.78 is 34.8. The number of fused-ring (bicyclic) bond motifs is 1. The van der Waals surface area contributed by atoms with Crippen molar-refractivity contribution in [2.45, 2.75) is 38.2 Å². The molecule has 2 aromatic carbocycles. The number of hydrogen-bond acceptors (Lipinski definition) is 7. The molecule has 166 valence electrons. The van der Waals surface area contributed by atoms with Crippen molar-refractivity contribution in [2.24, 2.45) is 0 Å². The van der Waals surface area contributed by atoms with Gasteiger partial charge in [-0.3, -0.25) is 9.52 Å². The number of anilines is 1. The maximum absolute atomic E-state index is 12.6. The SMILES string of the molecule is Cc1ccc(S(=O)(=O)Nc2cccc(OCc3cc(=O)n4nc(C(C)C)sc4n3)c2)cc1. The minimum Gasteiger partial charge on any atom is -0.487 e. The van der Waals surface area contributed by atoms with Gasteiger partial charge in [-0.1, -0.05) is 48.9 Å². The van der Waals surface area contributed by atoms with Gasteiger partial charge in [0.2, 0.25) is 4.96 Å². The molecular weight excluding hydrogens is 448 g/mol. The van der Waals surface area contributed by atoms with Crippen LogP contribution in [0.4, 0.5) is 5.69 Å². The van der Waals surface area contributed by atoms with Crippen LogP contribution >= 0.6 is 11.3 Å². The molecule has 0 saturated heterocycles. The van der Waals surface area contributed by atoms with E-state index in [-0.39, 0.29) is 23.0 Å². The number of rotatable bonds is 7. The highest BCUT2D eigenvalue weighted by Crippen LogP contribution is 2.23. The predicted molar refractivity (Wildman–Crippen MR) is 124 cm³/mol. The third kappa shape index (κ3) is 4.81. The van der Waals surface area contributed by atoms with Crippen LogP contribution in [0, 0.1) is 6.92 Å². The molecule has 10 heteroatoms. The molecule has 0 saturated carbocycles. The number of aryl methyl sites for hydroxylation is 1. The maximum atomic E-state index is 12.6. The van der Waals surface area contributed by atoms with Crippen LogP contribution in [0.1, 0.15) is 36.0 Å². The monoisotopic (exact) mass is 470 g/mol. The van der Waals surface area contributed by atoms with Gasteiger partial charge in [0.15, 0.2) is 0 Å². The Morgan fingerprint density at radius 1 is 1.12 bits per heavy atom. The van der Waals surface area contributed by atoms with Crippen molar-refractivity contribution in [3.8, 4) is 5.75 Å². The molecular formula is C22H22N4O4S2.